The van der Waals surface area contributed by atoms with Crippen LogP contribution in [-0.2, 0) is 0 Å². The molecule has 0 atom stereocenters. The minimum absolute atomic E-state index is 0.616. The van der Waals surface area contributed by atoms with Gasteiger partial charge in [-0.2, -0.15) is 0 Å². The Morgan fingerprint density at radius 1 is 1.40 bits per heavy atom. The molecule has 1 heterocycles. The maximum Gasteiger partial charge on any atom is 0.0713 e. The summed E-state index contributed by atoms with van der Waals surface area (Å²) in [5, 5.41) is 0. The Balaban J connectivity index is 3.03. The SMILES string of the molecule is CC(C)c1sc(Br)cc1Br. The van der Waals surface area contributed by atoms with Gasteiger partial charge in [0.05, 0.1) is 3.79 Å². The van der Waals surface area contributed by atoms with E-state index < -0.39 is 0 Å². The average molecular weight is 284 g/mol. The smallest absolute Gasteiger partial charge is 0.0713 e. The molecule has 0 unspecified atom stereocenters. The second-order valence-electron chi connectivity index (χ2n) is 2.42. The molecule has 1 rings (SSSR count). The standard InChI is InChI=1S/C7H8Br2S/c1-4(2)7-5(8)3-6(9)10-7/h3-4H,1-2H3. The first kappa shape index (κ1) is 8.75. The lowest BCUT2D eigenvalue weighted by Gasteiger charge is -1.99. The van der Waals surface area contributed by atoms with Crippen LogP contribution in [0.15, 0.2) is 14.3 Å². The third-order valence-electron chi connectivity index (χ3n) is 1.21. The van der Waals surface area contributed by atoms with Crippen molar-refractivity contribution in [2.75, 3.05) is 0 Å². The molecule has 0 aliphatic carbocycles. The lowest BCUT2D eigenvalue weighted by molar-refractivity contribution is 0.885. The molecule has 0 spiro atoms. The van der Waals surface area contributed by atoms with Gasteiger partial charge in [0.2, 0.25) is 0 Å². The topological polar surface area (TPSA) is 0 Å². The van der Waals surface area contributed by atoms with Crippen LogP contribution in [0.3, 0.4) is 0 Å². The summed E-state index contributed by atoms with van der Waals surface area (Å²) in [5.74, 6) is 0.616. The molecule has 0 aliphatic rings. The van der Waals surface area contributed by atoms with Crippen molar-refractivity contribution in [3.8, 4) is 0 Å². The Kier molecular flexibility index (Phi) is 2.95. The van der Waals surface area contributed by atoms with Crippen molar-refractivity contribution in [3.63, 3.8) is 0 Å². The van der Waals surface area contributed by atoms with Gasteiger partial charge in [0.15, 0.2) is 0 Å². The molecule has 0 fully saturated rings. The van der Waals surface area contributed by atoms with Gasteiger partial charge < -0.3 is 0 Å². The second kappa shape index (κ2) is 3.37. The Hall–Kier alpha value is 0.660. The highest BCUT2D eigenvalue weighted by molar-refractivity contribution is 9.11. The van der Waals surface area contributed by atoms with Crippen LogP contribution in [0.5, 0.6) is 0 Å². The molecule has 0 saturated carbocycles. The predicted molar refractivity (Wildman–Crippen MR) is 53.8 cm³/mol. The molecule has 56 valence electrons. The summed E-state index contributed by atoms with van der Waals surface area (Å²) in [5.41, 5.74) is 0. The van der Waals surface area contributed by atoms with Crippen LogP contribution in [0.2, 0.25) is 0 Å². The summed E-state index contributed by atoms with van der Waals surface area (Å²) in [4.78, 5) is 1.41. The van der Waals surface area contributed by atoms with E-state index in [2.05, 4.69) is 51.8 Å². The van der Waals surface area contributed by atoms with Crippen LogP contribution >= 0.6 is 43.2 Å². The van der Waals surface area contributed by atoms with Crippen molar-refractivity contribution >= 4 is 43.2 Å². The minimum atomic E-state index is 0.616. The van der Waals surface area contributed by atoms with Gasteiger partial charge in [-0.25, -0.2) is 0 Å². The van der Waals surface area contributed by atoms with Crippen LogP contribution in [-0.4, -0.2) is 0 Å². The van der Waals surface area contributed by atoms with Gasteiger partial charge in [-0.15, -0.1) is 11.3 Å². The minimum Gasteiger partial charge on any atom is -0.132 e. The lowest BCUT2D eigenvalue weighted by Crippen LogP contribution is -1.80. The predicted octanol–water partition coefficient (Wildman–Crippen LogP) is 4.40. The number of hydrogen-bond acceptors (Lipinski definition) is 1. The van der Waals surface area contributed by atoms with Crippen LogP contribution in [0.4, 0.5) is 0 Å². The molecule has 0 saturated heterocycles. The maximum atomic E-state index is 3.50. The van der Waals surface area contributed by atoms with Crippen LogP contribution in [0.25, 0.3) is 0 Å². The molecule has 0 nitrogen and oxygen atoms in total. The number of rotatable bonds is 1. The highest BCUT2D eigenvalue weighted by Crippen LogP contribution is 2.35. The van der Waals surface area contributed by atoms with E-state index in [0.29, 0.717) is 5.92 Å². The van der Waals surface area contributed by atoms with Crippen LogP contribution in [0.1, 0.15) is 24.6 Å². The number of hydrogen-bond donors (Lipinski definition) is 0. The Labute approximate surface area is 81.9 Å². The molecule has 0 radical (unpaired) electrons. The molecule has 1 aromatic heterocycles. The molecule has 3 heteroatoms. The van der Waals surface area contributed by atoms with Crippen LogP contribution < -0.4 is 0 Å². The van der Waals surface area contributed by atoms with E-state index in [9.17, 15) is 0 Å². The van der Waals surface area contributed by atoms with Crippen LogP contribution in [0, 0.1) is 0 Å². The van der Waals surface area contributed by atoms with E-state index in [0.717, 1.165) is 0 Å². The van der Waals surface area contributed by atoms with Gasteiger partial charge in [-0.3, -0.25) is 0 Å². The van der Waals surface area contributed by atoms with Crippen molar-refractivity contribution < 1.29 is 0 Å². The normalized spacial score (nSPS) is 10.9. The highest BCUT2D eigenvalue weighted by Gasteiger charge is 2.07. The van der Waals surface area contributed by atoms with Gasteiger partial charge in [-0.05, 0) is 43.8 Å². The van der Waals surface area contributed by atoms with Gasteiger partial charge in [-0.1, -0.05) is 13.8 Å². The molecule has 0 bridgehead atoms. The third-order valence-corrected chi connectivity index (χ3v) is 4.06. The molecule has 0 N–H and O–H groups in total. The zero-order valence-corrected chi connectivity index (χ0v) is 9.81. The molecule has 0 amide bonds. The summed E-state index contributed by atoms with van der Waals surface area (Å²) < 4.78 is 2.42. The number of thiophene rings is 1. The van der Waals surface area contributed by atoms with E-state index in [4.69, 9.17) is 0 Å². The van der Waals surface area contributed by atoms with E-state index in [-0.39, 0.29) is 0 Å². The molecule has 1 aromatic rings. The Morgan fingerprint density at radius 2 is 2.00 bits per heavy atom. The van der Waals surface area contributed by atoms with E-state index >= 15 is 0 Å². The lowest BCUT2D eigenvalue weighted by atomic mass is 10.2. The quantitative estimate of drug-likeness (QED) is 0.717. The van der Waals surface area contributed by atoms with Crippen molar-refractivity contribution in [1.29, 1.82) is 0 Å². The second-order valence-corrected chi connectivity index (χ2v) is 5.73. The fourth-order valence-corrected chi connectivity index (χ4v) is 3.67. The van der Waals surface area contributed by atoms with E-state index in [1.54, 1.807) is 11.3 Å². The Bertz CT molecular complexity index is 228. The van der Waals surface area contributed by atoms with E-state index in [1.165, 1.54) is 13.1 Å². The van der Waals surface area contributed by atoms with Crippen molar-refractivity contribution in [2.24, 2.45) is 0 Å². The molecular formula is C7H8Br2S. The molecule has 0 aliphatic heterocycles. The van der Waals surface area contributed by atoms with Gasteiger partial charge in [0.1, 0.15) is 0 Å². The van der Waals surface area contributed by atoms with Gasteiger partial charge in [0.25, 0.3) is 0 Å². The first-order valence-electron chi connectivity index (χ1n) is 3.06. The fraction of sp³-hybridized carbons (Fsp3) is 0.429. The summed E-state index contributed by atoms with van der Waals surface area (Å²) in [7, 11) is 0. The number of halogens is 2. The zero-order chi connectivity index (χ0) is 7.72. The summed E-state index contributed by atoms with van der Waals surface area (Å²) in [6.45, 7) is 4.39. The van der Waals surface area contributed by atoms with Gasteiger partial charge in [0, 0.05) is 9.35 Å². The molecule has 0 aromatic carbocycles. The zero-order valence-electron chi connectivity index (χ0n) is 5.82. The van der Waals surface area contributed by atoms with Crippen molar-refractivity contribution in [1.82, 2.24) is 0 Å². The monoisotopic (exact) mass is 282 g/mol. The molecular weight excluding hydrogens is 276 g/mol. The fourth-order valence-electron chi connectivity index (χ4n) is 0.748. The first-order chi connectivity index (χ1) is 4.61. The molecule has 10 heavy (non-hydrogen) atoms. The Morgan fingerprint density at radius 3 is 2.20 bits per heavy atom. The van der Waals surface area contributed by atoms with E-state index in [1.807, 2.05) is 0 Å². The van der Waals surface area contributed by atoms with Crippen molar-refractivity contribution in [3.05, 3.63) is 19.2 Å². The summed E-state index contributed by atoms with van der Waals surface area (Å²) in [6, 6.07) is 2.10. The maximum absolute atomic E-state index is 3.50. The van der Waals surface area contributed by atoms with Gasteiger partial charge >= 0.3 is 0 Å². The summed E-state index contributed by atoms with van der Waals surface area (Å²) >= 11 is 8.73. The van der Waals surface area contributed by atoms with Crippen molar-refractivity contribution in [2.45, 2.75) is 19.8 Å². The first-order valence-corrected chi connectivity index (χ1v) is 5.46. The summed E-state index contributed by atoms with van der Waals surface area (Å²) in [6.07, 6.45) is 0. The highest BCUT2D eigenvalue weighted by atomic mass is 79.9. The largest absolute Gasteiger partial charge is 0.132 e. The average Bonchev–Trinajstić information content (AvgIpc) is 2.10. The third kappa shape index (κ3) is 1.83.